The van der Waals surface area contributed by atoms with Crippen molar-refractivity contribution in [1.82, 2.24) is 19.7 Å². The van der Waals surface area contributed by atoms with Crippen LogP contribution in [0.5, 0.6) is 5.75 Å². The van der Waals surface area contributed by atoms with Gasteiger partial charge in [-0.1, -0.05) is 0 Å². The fourth-order valence-corrected chi connectivity index (χ4v) is 4.92. The third kappa shape index (κ3) is 5.79. The van der Waals surface area contributed by atoms with E-state index in [2.05, 4.69) is 16.1 Å². The fraction of sp³-hybridized carbons (Fsp3) is 0.519. The number of morpholine rings is 1. The number of carbonyl (C=O) groups excluding carboxylic acids is 1. The summed E-state index contributed by atoms with van der Waals surface area (Å²) in [5, 5.41) is 5.46. The quantitative estimate of drug-likeness (QED) is 0.453. The molecule has 9 heteroatoms. The molecule has 2 fully saturated rings. The summed E-state index contributed by atoms with van der Waals surface area (Å²) >= 11 is 0. The number of hydrogen-bond acceptors (Lipinski definition) is 7. The summed E-state index contributed by atoms with van der Waals surface area (Å²) in [5.74, 6) is 1.79. The van der Waals surface area contributed by atoms with Crippen molar-refractivity contribution < 1.29 is 19.0 Å². The van der Waals surface area contributed by atoms with Crippen LogP contribution >= 0.6 is 0 Å². The molecule has 36 heavy (non-hydrogen) atoms. The van der Waals surface area contributed by atoms with Crippen molar-refractivity contribution in [3.63, 3.8) is 0 Å². The van der Waals surface area contributed by atoms with Crippen molar-refractivity contribution in [2.45, 2.75) is 45.4 Å². The number of carbonyl (C=O) groups is 1. The number of pyridine rings is 1. The Morgan fingerprint density at radius 2 is 2.06 bits per heavy atom. The zero-order valence-electron chi connectivity index (χ0n) is 21.2. The SMILES string of the molecule is COc1ccc2cc(CN(C[C@H]3CCCO3)C(=O)CCn3ccc(C)n3)c(N3CCOCC3)nc2c1. The van der Waals surface area contributed by atoms with Gasteiger partial charge in [0.15, 0.2) is 0 Å². The van der Waals surface area contributed by atoms with Crippen molar-refractivity contribution in [2.24, 2.45) is 0 Å². The highest BCUT2D eigenvalue weighted by atomic mass is 16.5. The molecule has 2 aliphatic heterocycles. The van der Waals surface area contributed by atoms with Crippen molar-refractivity contribution in [3.8, 4) is 5.75 Å². The zero-order valence-corrected chi connectivity index (χ0v) is 21.2. The van der Waals surface area contributed by atoms with Gasteiger partial charge < -0.3 is 24.0 Å². The van der Waals surface area contributed by atoms with E-state index < -0.39 is 0 Å². The monoisotopic (exact) mass is 493 g/mol. The molecule has 0 aliphatic carbocycles. The van der Waals surface area contributed by atoms with Gasteiger partial charge in [-0.05, 0) is 44.0 Å². The first-order chi connectivity index (χ1) is 17.6. The van der Waals surface area contributed by atoms with E-state index >= 15 is 0 Å². The fourth-order valence-electron chi connectivity index (χ4n) is 4.92. The number of amides is 1. The molecule has 2 saturated heterocycles. The van der Waals surface area contributed by atoms with Crippen LogP contribution in [0.15, 0.2) is 36.5 Å². The van der Waals surface area contributed by atoms with Gasteiger partial charge >= 0.3 is 0 Å². The average Bonchev–Trinajstić information content (AvgIpc) is 3.58. The van der Waals surface area contributed by atoms with Gasteiger partial charge in [0.25, 0.3) is 0 Å². The smallest absolute Gasteiger partial charge is 0.224 e. The van der Waals surface area contributed by atoms with Crippen LogP contribution in [0.1, 0.15) is 30.5 Å². The number of benzene rings is 1. The highest BCUT2D eigenvalue weighted by Crippen LogP contribution is 2.29. The molecule has 0 bridgehead atoms. The number of hydrogen-bond donors (Lipinski definition) is 0. The number of aryl methyl sites for hydroxylation is 2. The minimum Gasteiger partial charge on any atom is -0.497 e. The van der Waals surface area contributed by atoms with Crippen molar-refractivity contribution in [1.29, 1.82) is 0 Å². The van der Waals surface area contributed by atoms with Crippen LogP contribution < -0.4 is 9.64 Å². The number of nitrogens with zero attached hydrogens (tertiary/aromatic N) is 5. The molecule has 2 aromatic heterocycles. The topological polar surface area (TPSA) is 82.0 Å². The Bertz CT molecular complexity index is 1180. The van der Waals surface area contributed by atoms with Gasteiger partial charge in [0.2, 0.25) is 5.91 Å². The van der Waals surface area contributed by atoms with Gasteiger partial charge in [-0.2, -0.15) is 5.10 Å². The van der Waals surface area contributed by atoms with Gasteiger partial charge in [-0.25, -0.2) is 4.98 Å². The largest absolute Gasteiger partial charge is 0.497 e. The normalized spacial score (nSPS) is 18.1. The minimum absolute atomic E-state index is 0.0745. The van der Waals surface area contributed by atoms with Crippen LogP contribution in [0, 0.1) is 6.92 Å². The maximum atomic E-state index is 13.5. The maximum Gasteiger partial charge on any atom is 0.224 e. The Morgan fingerprint density at radius 1 is 1.19 bits per heavy atom. The summed E-state index contributed by atoms with van der Waals surface area (Å²) in [6.45, 7) is 7.22. The van der Waals surface area contributed by atoms with Crippen LogP contribution in [0.4, 0.5) is 5.82 Å². The van der Waals surface area contributed by atoms with E-state index in [4.69, 9.17) is 19.2 Å². The molecule has 0 N–H and O–H groups in total. The molecule has 3 aromatic rings. The van der Waals surface area contributed by atoms with E-state index in [1.807, 2.05) is 47.0 Å². The second kappa shape index (κ2) is 11.3. The molecule has 9 nitrogen and oxygen atoms in total. The summed E-state index contributed by atoms with van der Waals surface area (Å²) in [7, 11) is 1.66. The lowest BCUT2D eigenvalue weighted by molar-refractivity contribution is -0.133. The molecule has 1 amide bonds. The van der Waals surface area contributed by atoms with Gasteiger partial charge in [-0.15, -0.1) is 0 Å². The van der Waals surface area contributed by atoms with Crippen LogP contribution in [-0.4, -0.2) is 78.2 Å². The first-order valence-corrected chi connectivity index (χ1v) is 12.8. The number of anilines is 1. The summed E-state index contributed by atoms with van der Waals surface area (Å²) in [5.41, 5.74) is 2.87. The summed E-state index contributed by atoms with van der Waals surface area (Å²) in [6.07, 6.45) is 4.40. The first kappa shape index (κ1) is 24.5. The predicted octanol–water partition coefficient (Wildman–Crippen LogP) is 3.18. The van der Waals surface area contributed by atoms with Gasteiger partial charge in [0.05, 0.1) is 37.6 Å². The van der Waals surface area contributed by atoms with E-state index in [1.165, 1.54) is 0 Å². The van der Waals surface area contributed by atoms with Crippen molar-refractivity contribution in [3.05, 3.63) is 47.8 Å². The lowest BCUT2D eigenvalue weighted by Gasteiger charge is -2.32. The highest BCUT2D eigenvalue weighted by molar-refractivity contribution is 5.84. The Labute approximate surface area is 211 Å². The van der Waals surface area contributed by atoms with Gasteiger partial charge in [0, 0.05) is 69.0 Å². The summed E-state index contributed by atoms with van der Waals surface area (Å²) in [4.78, 5) is 22.8. The van der Waals surface area contributed by atoms with Gasteiger partial charge in [-0.3, -0.25) is 9.48 Å². The van der Waals surface area contributed by atoms with E-state index in [-0.39, 0.29) is 12.0 Å². The van der Waals surface area contributed by atoms with Crippen molar-refractivity contribution in [2.75, 3.05) is 51.5 Å². The average molecular weight is 494 g/mol. The highest BCUT2D eigenvalue weighted by Gasteiger charge is 2.25. The number of fused-ring (bicyclic) bond motifs is 1. The number of aromatic nitrogens is 3. The Hall–Kier alpha value is -3.17. The molecule has 1 aromatic carbocycles. The molecule has 0 spiro atoms. The van der Waals surface area contributed by atoms with Crippen LogP contribution in [0.3, 0.4) is 0 Å². The van der Waals surface area contributed by atoms with E-state index in [0.717, 1.165) is 66.3 Å². The molecule has 0 unspecified atom stereocenters. The third-order valence-corrected chi connectivity index (χ3v) is 6.88. The molecule has 0 saturated carbocycles. The van der Waals surface area contributed by atoms with Crippen LogP contribution in [0.25, 0.3) is 10.9 Å². The second-order valence-corrected chi connectivity index (χ2v) is 9.51. The molecule has 0 radical (unpaired) electrons. The van der Waals surface area contributed by atoms with E-state index in [1.54, 1.807) is 7.11 Å². The molecule has 192 valence electrons. The number of ether oxygens (including phenoxy) is 3. The van der Waals surface area contributed by atoms with Gasteiger partial charge in [0.1, 0.15) is 11.6 Å². The summed E-state index contributed by atoms with van der Waals surface area (Å²) in [6, 6.07) is 10.1. The molecular formula is C27H35N5O4. The molecular weight excluding hydrogens is 458 g/mol. The predicted molar refractivity (Wildman–Crippen MR) is 137 cm³/mol. The lowest BCUT2D eigenvalue weighted by atomic mass is 10.1. The van der Waals surface area contributed by atoms with E-state index in [9.17, 15) is 4.79 Å². The lowest BCUT2D eigenvalue weighted by Crippen LogP contribution is -2.40. The van der Waals surface area contributed by atoms with Crippen LogP contribution in [-0.2, 0) is 27.4 Å². The standard InChI is InChI=1S/C27H35N5O4/c1-20-7-9-32(29-20)10-8-26(33)31(19-24-4-3-13-36-24)18-22-16-21-5-6-23(34-2)17-25(21)28-27(22)30-11-14-35-15-12-30/h5-7,9,16-17,24H,3-4,8,10-15,18-19H2,1-2H3/t24-/m1/s1. The van der Waals surface area contributed by atoms with Crippen LogP contribution in [0.2, 0.25) is 0 Å². The maximum absolute atomic E-state index is 13.5. The molecule has 2 aliphatic rings. The number of methoxy groups -OCH3 is 1. The first-order valence-electron chi connectivity index (χ1n) is 12.8. The molecule has 1 atom stereocenters. The Morgan fingerprint density at radius 3 is 2.78 bits per heavy atom. The zero-order chi connectivity index (χ0) is 24.9. The third-order valence-electron chi connectivity index (χ3n) is 6.88. The Kier molecular flexibility index (Phi) is 7.67. The van der Waals surface area contributed by atoms with Crippen molar-refractivity contribution >= 4 is 22.6 Å². The Balaban J connectivity index is 1.43. The second-order valence-electron chi connectivity index (χ2n) is 9.51. The minimum atomic E-state index is 0.0745. The number of rotatable bonds is 9. The van der Waals surface area contributed by atoms with E-state index in [0.29, 0.717) is 39.3 Å². The molecule has 5 rings (SSSR count). The molecule has 4 heterocycles. The summed E-state index contributed by atoms with van der Waals surface area (Å²) < 4.78 is 18.8.